The van der Waals surface area contributed by atoms with Crippen molar-refractivity contribution in [2.45, 2.75) is 32.7 Å². The molecule has 3 aromatic rings. The van der Waals surface area contributed by atoms with E-state index in [9.17, 15) is 0 Å². The van der Waals surface area contributed by atoms with Gasteiger partial charge >= 0.3 is 0 Å². The first-order valence-electron chi connectivity index (χ1n) is 9.24. The van der Waals surface area contributed by atoms with E-state index in [1.54, 1.807) is 0 Å². The first kappa shape index (κ1) is 16.9. The number of pyridine rings is 1. The molecule has 0 saturated carbocycles. The standard InChI is InChI=1S/C21H24N4O/c1-3-20-23-14(2)10-21(25-20)24-19-13-26-12-16(19)11-15-8-9-22-18-7-5-4-6-17(15)18/h4-10,16,19H,3,11-13H2,1-2H3,(H,23,24,25)/t16-,19-/m1/s1. The van der Waals surface area contributed by atoms with Gasteiger partial charge in [-0.3, -0.25) is 4.98 Å². The van der Waals surface area contributed by atoms with Crippen molar-refractivity contribution >= 4 is 16.7 Å². The van der Waals surface area contributed by atoms with Gasteiger partial charge in [-0.2, -0.15) is 0 Å². The number of fused-ring (bicyclic) bond motifs is 1. The highest BCUT2D eigenvalue weighted by Crippen LogP contribution is 2.26. The molecule has 1 aliphatic heterocycles. The highest BCUT2D eigenvalue weighted by atomic mass is 16.5. The van der Waals surface area contributed by atoms with Crippen LogP contribution < -0.4 is 5.32 Å². The Kier molecular flexibility index (Phi) is 4.80. The second kappa shape index (κ2) is 7.38. The Bertz CT molecular complexity index is 906. The van der Waals surface area contributed by atoms with Gasteiger partial charge in [0.05, 0.1) is 24.8 Å². The molecule has 5 nitrogen and oxygen atoms in total. The number of aromatic nitrogens is 3. The van der Waals surface area contributed by atoms with Crippen LogP contribution in [-0.4, -0.2) is 34.2 Å². The molecule has 1 fully saturated rings. The van der Waals surface area contributed by atoms with Gasteiger partial charge in [-0.05, 0) is 31.0 Å². The van der Waals surface area contributed by atoms with Crippen molar-refractivity contribution in [3.63, 3.8) is 0 Å². The fourth-order valence-electron chi connectivity index (χ4n) is 3.63. The molecule has 0 amide bonds. The van der Waals surface area contributed by atoms with Gasteiger partial charge < -0.3 is 10.1 Å². The second-order valence-electron chi connectivity index (χ2n) is 6.90. The Labute approximate surface area is 153 Å². The van der Waals surface area contributed by atoms with Crippen LogP contribution in [0.5, 0.6) is 0 Å². The van der Waals surface area contributed by atoms with Crippen LogP contribution in [0.3, 0.4) is 0 Å². The highest BCUT2D eigenvalue weighted by Gasteiger charge is 2.29. The van der Waals surface area contributed by atoms with Gasteiger partial charge in [0.15, 0.2) is 0 Å². The summed E-state index contributed by atoms with van der Waals surface area (Å²) in [4.78, 5) is 13.5. The molecule has 2 aromatic heterocycles. The lowest BCUT2D eigenvalue weighted by Crippen LogP contribution is -2.30. The molecule has 3 heterocycles. The molecule has 1 aromatic carbocycles. The molecule has 0 unspecified atom stereocenters. The molecule has 0 aliphatic carbocycles. The minimum absolute atomic E-state index is 0.251. The summed E-state index contributed by atoms with van der Waals surface area (Å²) >= 11 is 0. The maximum atomic E-state index is 5.79. The molecule has 1 aliphatic rings. The molecular formula is C21H24N4O. The summed E-state index contributed by atoms with van der Waals surface area (Å²) in [7, 11) is 0. The van der Waals surface area contributed by atoms with Gasteiger partial charge in [0, 0.05) is 35.7 Å². The highest BCUT2D eigenvalue weighted by molar-refractivity contribution is 5.81. The lowest BCUT2D eigenvalue weighted by Gasteiger charge is -2.20. The Morgan fingerprint density at radius 1 is 1.15 bits per heavy atom. The van der Waals surface area contributed by atoms with E-state index in [1.807, 2.05) is 25.3 Å². The smallest absolute Gasteiger partial charge is 0.130 e. The van der Waals surface area contributed by atoms with E-state index >= 15 is 0 Å². The summed E-state index contributed by atoms with van der Waals surface area (Å²) < 4.78 is 5.79. The summed E-state index contributed by atoms with van der Waals surface area (Å²) in [5.74, 6) is 2.18. The molecule has 4 rings (SSSR count). The Morgan fingerprint density at radius 2 is 2.04 bits per heavy atom. The molecule has 134 valence electrons. The minimum Gasteiger partial charge on any atom is -0.379 e. The Morgan fingerprint density at radius 3 is 2.92 bits per heavy atom. The quantitative estimate of drug-likeness (QED) is 0.764. The summed E-state index contributed by atoms with van der Waals surface area (Å²) in [5.41, 5.74) is 3.37. The van der Waals surface area contributed by atoms with Gasteiger partial charge in [-0.1, -0.05) is 25.1 Å². The minimum atomic E-state index is 0.251. The summed E-state index contributed by atoms with van der Waals surface area (Å²) in [6, 6.07) is 12.7. The molecule has 1 saturated heterocycles. The second-order valence-corrected chi connectivity index (χ2v) is 6.90. The van der Waals surface area contributed by atoms with Crippen molar-refractivity contribution in [1.29, 1.82) is 0 Å². The number of nitrogens with zero attached hydrogens (tertiary/aromatic N) is 3. The molecule has 0 bridgehead atoms. The Hall–Kier alpha value is -2.53. The monoisotopic (exact) mass is 348 g/mol. The van der Waals surface area contributed by atoms with Gasteiger partial charge in [0.2, 0.25) is 0 Å². The maximum Gasteiger partial charge on any atom is 0.130 e. The van der Waals surface area contributed by atoms with Gasteiger partial charge in [-0.25, -0.2) is 9.97 Å². The van der Waals surface area contributed by atoms with E-state index in [4.69, 9.17) is 4.74 Å². The average Bonchev–Trinajstić information content (AvgIpc) is 3.08. The van der Waals surface area contributed by atoms with Crippen LogP contribution in [0.25, 0.3) is 10.9 Å². The summed E-state index contributed by atoms with van der Waals surface area (Å²) in [6.07, 6.45) is 3.70. The molecule has 26 heavy (non-hydrogen) atoms. The Balaban J connectivity index is 1.54. The van der Waals surface area contributed by atoms with Crippen LogP contribution >= 0.6 is 0 Å². The number of nitrogens with one attached hydrogen (secondary N) is 1. The van der Waals surface area contributed by atoms with E-state index in [0.29, 0.717) is 12.5 Å². The van der Waals surface area contributed by atoms with Crippen molar-refractivity contribution in [3.05, 3.63) is 59.7 Å². The summed E-state index contributed by atoms with van der Waals surface area (Å²) in [5, 5.41) is 4.81. The topological polar surface area (TPSA) is 59.9 Å². The zero-order chi connectivity index (χ0) is 17.9. The summed E-state index contributed by atoms with van der Waals surface area (Å²) in [6.45, 7) is 5.56. The normalized spacial score (nSPS) is 19.8. The van der Waals surface area contributed by atoms with E-state index < -0.39 is 0 Å². The molecular weight excluding hydrogens is 324 g/mol. The van der Waals surface area contributed by atoms with Gasteiger partial charge in [0.1, 0.15) is 11.6 Å². The van der Waals surface area contributed by atoms with Crippen LogP contribution in [0.2, 0.25) is 0 Å². The number of ether oxygens (including phenoxy) is 1. The van der Waals surface area contributed by atoms with E-state index in [-0.39, 0.29) is 6.04 Å². The number of anilines is 1. The largest absolute Gasteiger partial charge is 0.379 e. The lowest BCUT2D eigenvalue weighted by atomic mass is 9.93. The van der Waals surface area contributed by atoms with Crippen LogP contribution in [0.4, 0.5) is 5.82 Å². The van der Waals surface area contributed by atoms with Gasteiger partial charge in [0.25, 0.3) is 0 Å². The molecule has 0 spiro atoms. The van der Waals surface area contributed by atoms with Crippen LogP contribution in [0.15, 0.2) is 42.6 Å². The van der Waals surface area contributed by atoms with E-state index in [2.05, 4.69) is 51.5 Å². The van der Waals surface area contributed by atoms with E-state index in [0.717, 1.165) is 42.3 Å². The zero-order valence-electron chi connectivity index (χ0n) is 15.3. The van der Waals surface area contributed by atoms with Crippen molar-refractivity contribution < 1.29 is 4.74 Å². The molecule has 1 N–H and O–H groups in total. The van der Waals surface area contributed by atoms with Gasteiger partial charge in [-0.15, -0.1) is 0 Å². The third kappa shape index (κ3) is 3.53. The number of aryl methyl sites for hydroxylation is 2. The van der Waals surface area contributed by atoms with Crippen molar-refractivity contribution in [2.24, 2.45) is 5.92 Å². The number of para-hydroxylation sites is 1. The van der Waals surface area contributed by atoms with Crippen LogP contribution in [0, 0.1) is 12.8 Å². The lowest BCUT2D eigenvalue weighted by molar-refractivity contribution is 0.185. The first-order valence-corrected chi connectivity index (χ1v) is 9.24. The predicted octanol–water partition coefficient (Wildman–Crippen LogP) is 3.57. The molecule has 5 heteroatoms. The van der Waals surface area contributed by atoms with Crippen LogP contribution in [-0.2, 0) is 17.6 Å². The SMILES string of the molecule is CCc1nc(C)cc(N[C@@H]2COC[C@H]2Cc2ccnc3ccccc23)n1. The van der Waals surface area contributed by atoms with Crippen molar-refractivity contribution in [1.82, 2.24) is 15.0 Å². The fraction of sp³-hybridized carbons (Fsp3) is 0.381. The third-order valence-corrected chi connectivity index (χ3v) is 4.97. The van der Waals surface area contributed by atoms with Crippen molar-refractivity contribution in [2.75, 3.05) is 18.5 Å². The number of hydrogen-bond donors (Lipinski definition) is 1. The number of rotatable bonds is 5. The van der Waals surface area contributed by atoms with E-state index in [1.165, 1.54) is 10.9 Å². The average molecular weight is 348 g/mol. The number of benzene rings is 1. The molecule has 0 radical (unpaired) electrons. The fourth-order valence-corrected chi connectivity index (χ4v) is 3.63. The van der Waals surface area contributed by atoms with Crippen LogP contribution in [0.1, 0.15) is 24.0 Å². The first-order chi connectivity index (χ1) is 12.7. The number of hydrogen-bond acceptors (Lipinski definition) is 5. The zero-order valence-corrected chi connectivity index (χ0v) is 15.3. The van der Waals surface area contributed by atoms with Crippen molar-refractivity contribution in [3.8, 4) is 0 Å². The predicted molar refractivity (Wildman–Crippen MR) is 103 cm³/mol. The molecule has 2 atom stereocenters. The third-order valence-electron chi connectivity index (χ3n) is 4.97. The maximum absolute atomic E-state index is 5.79.